The molecular formula is C13H11FN4. The summed E-state index contributed by atoms with van der Waals surface area (Å²) in [6.07, 6.45) is 1.69. The first-order valence-corrected chi connectivity index (χ1v) is 5.48. The third kappa shape index (κ3) is 1.75. The van der Waals surface area contributed by atoms with E-state index in [0.717, 1.165) is 10.9 Å². The Morgan fingerprint density at radius 3 is 2.83 bits per heavy atom. The normalized spacial score (nSPS) is 10.7. The fourth-order valence-corrected chi connectivity index (χ4v) is 1.82. The number of nitrogens with zero attached hydrogens (tertiary/aromatic N) is 1. The average molecular weight is 242 g/mol. The topological polar surface area (TPSA) is 66.7 Å². The second-order valence-corrected chi connectivity index (χ2v) is 4.00. The molecule has 0 unspecified atom stereocenters. The number of para-hydroxylation sites is 1. The molecule has 0 fully saturated rings. The van der Waals surface area contributed by atoms with E-state index in [1.807, 2.05) is 6.07 Å². The molecule has 1 heterocycles. The summed E-state index contributed by atoms with van der Waals surface area (Å²) >= 11 is 0. The Balaban J connectivity index is 2.04. The van der Waals surface area contributed by atoms with Crippen LogP contribution in [0.1, 0.15) is 0 Å². The van der Waals surface area contributed by atoms with Crippen molar-refractivity contribution < 1.29 is 4.39 Å². The standard InChI is InChI=1S/C13H11FN4/c14-9-3-1-2-4-11(9)17-13-6-12-8(5-10(13)15)7-16-18-12/h1-7,17H,15H2,(H,16,18). The van der Waals surface area contributed by atoms with Crippen LogP contribution in [0.4, 0.5) is 21.5 Å². The molecule has 0 spiro atoms. The summed E-state index contributed by atoms with van der Waals surface area (Å²) in [7, 11) is 0. The molecule has 90 valence electrons. The van der Waals surface area contributed by atoms with Crippen LogP contribution in [0.5, 0.6) is 0 Å². The van der Waals surface area contributed by atoms with Crippen molar-refractivity contribution in [3.63, 3.8) is 0 Å². The highest BCUT2D eigenvalue weighted by Gasteiger charge is 2.06. The number of fused-ring (bicyclic) bond motifs is 1. The molecule has 0 aliphatic heterocycles. The molecule has 4 N–H and O–H groups in total. The molecule has 0 saturated carbocycles. The van der Waals surface area contributed by atoms with E-state index in [1.54, 1.807) is 30.5 Å². The van der Waals surface area contributed by atoms with Crippen molar-refractivity contribution in [3.8, 4) is 0 Å². The van der Waals surface area contributed by atoms with Gasteiger partial charge in [0.2, 0.25) is 0 Å². The Labute approximate surface area is 103 Å². The van der Waals surface area contributed by atoms with Gasteiger partial charge in [0.05, 0.1) is 28.8 Å². The van der Waals surface area contributed by atoms with E-state index in [1.165, 1.54) is 6.07 Å². The van der Waals surface area contributed by atoms with Crippen molar-refractivity contribution in [2.45, 2.75) is 0 Å². The fraction of sp³-hybridized carbons (Fsp3) is 0. The Morgan fingerprint density at radius 1 is 1.17 bits per heavy atom. The van der Waals surface area contributed by atoms with Gasteiger partial charge in [-0.25, -0.2) is 4.39 Å². The Bertz CT molecular complexity index is 705. The molecule has 2 aromatic carbocycles. The molecule has 0 bridgehead atoms. The lowest BCUT2D eigenvalue weighted by Crippen LogP contribution is -1.98. The summed E-state index contributed by atoms with van der Waals surface area (Å²) in [6, 6.07) is 10.1. The zero-order valence-corrected chi connectivity index (χ0v) is 9.44. The van der Waals surface area contributed by atoms with Crippen LogP contribution in [0.15, 0.2) is 42.6 Å². The van der Waals surface area contributed by atoms with Gasteiger partial charge in [-0.1, -0.05) is 12.1 Å². The summed E-state index contributed by atoms with van der Waals surface area (Å²) in [5, 5.41) is 10.7. The molecule has 5 heteroatoms. The van der Waals surface area contributed by atoms with Crippen molar-refractivity contribution >= 4 is 28.0 Å². The third-order valence-electron chi connectivity index (χ3n) is 2.75. The van der Waals surface area contributed by atoms with Crippen molar-refractivity contribution in [2.75, 3.05) is 11.1 Å². The number of anilines is 3. The van der Waals surface area contributed by atoms with E-state index in [4.69, 9.17) is 5.73 Å². The molecule has 18 heavy (non-hydrogen) atoms. The second-order valence-electron chi connectivity index (χ2n) is 4.00. The number of hydrogen-bond acceptors (Lipinski definition) is 3. The van der Waals surface area contributed by atoms with E-state index in [2.05, 4.69) is 15.5 Å². The lowest BCUT2D eigenvalue weighted by atomic mass is 10.2. The molecule has 0 amide bonds. The molecule has 0 aliphatic rings. The van der Waals surface area contributed by atoms with Gasteiger partial charge >= 0.3 is 0 Å². The minimum Gasteiger partial charge on any atom is -0.397 e. The fourth-order valence-electron chi connectivity index (χ4n) is 1.82. The molecule has 0 aliphatic carbocycles. The monoisotopic (exact) mass is 242 g/mol. The zero-order valence-electron chi connectivity index (χ0n) is 9.44. The van der Waals surface area contributed by atoms with Gasteiger partial charge in [0, 0.05) is 5.39 Å². The molecule has 3 rings (SSSR count). The van der Waals surface area contributed by atoms with Crippen LogP contribution >= 0.6 is 0 Å². The number of hydrogen-bond donors (Lipinski definition) is 3. The Morgan fingerprint density at radius 2 is 2.00 bits per heavy atom. The summed E-state index contributed by atoms with van der Waals surface area (Å²) in [5.41, 5.74) is 8.36. The van der Waals surface area contributed by atoms with Crippen molar-refractivity contribution in [1.82, 2.24) is 10.2 Å². The van der Waals surface area contributed by atoms with Crippen molar-refractivity contribution in [1.29, 1.82) is 0 Å². The first-order chi connectivity index (χ1) is 8.74. The summed E-state index contributed by atoms with van der Waals surface area (Å²) in [4.78, 5) is 0. The first kappa shape index (κ1) is 10.6. The predicted octanol–water partition coefficient (Wildman–Crippen LogP) is 3.03. The van der Waals surface area contributed by atoms with Gasteiger partial charge in [0.15, 0.2) is 0 Å². The minimum atomic E-state index is -0.318. The number of aromatic nitrogens is 2. The maximum absolute atomic E-state index is 13.5. The maximum Gasteiger partial charge on any atom is 0.146 e. The van der Waals surface area contributed by atoms with Crippen LogP contribution in [0.2, 0.25) is 0 Å². The third-order valence-corrected chi connectivity index (χ3v) is 2.75. The number of H-pyrrole nitrogens is 1. The average Bonchev–Trinajstić information content (AvgIpc) is 2.79. The van der Waals surface area contributed by atoms with Gasteiger partial charge in [-0.2, -0.15) is 5.10 Å². The summed E-state index contributed by atoms with van der Waals surface area (Å²) < 4.78 is 13.5. The van der Waals surface area contributed by atoms with Gasteiger partial charge in [-0.05, 0) is 24.3 Å². The SMILES string of the molecule is Nc1cc2cn[nH]c2cc1Nc1ccccc1F. The number of nitrogen functional groups attached to an aromatic ring is 1. The Kier molecular flexibility index (Phi) is 2.37. The molecular weight excluding hydrogens is 231 g/mol. The number of halogens is 1. The molecule has 0 radical (unpaired) electrons. The summed E-state index contributed by atoms with van der Waals surface area (Å²) in [5.74, 6) is -0.318. The van der Waals surface area contributed by atoms with E-state index >= 15 is 0 Å². The van der Waals surface area contributed by atoms with Crippen LogP contribution in [0.3, 0.4) is 0 Å². The zero-order chi connectivity index (χ0) is 12.5. The molecule has 4 nitrogen and oxygen atoms in total. The lowest BCUT2D eigenvalue weighted by molar-refractivity contribution is 0.632. The molecule has 0 atom stereocenters. The second kappa shape index (κ2) is 4.03. The predicted molar refractivity (Wildman–Crippen MR) is 70.2 cm³/mol. The molecule has 3 aromatic rings. The number of benzene rings is 2. The van der Waals surface area contributed by atoms with Crippen molar-refractivity contribution in [2.24, 2.45) is 0 Å². The number of nitrogens with one attached hydrogen (secondary N) is 2. The van der Waals surface area contributed by atoms with Gasteiger partial charge in [0.25, 0.3) is 0 Å². The molecule has 1 aromatic heterocycles. The smallest absolute Gasteiger partial charge is 0.146 e. The van der Waals surface area contributed by atoms with E-state index in [-0.39, 0.29) is 5.82 Å². The minimum absolute atomic E-state index is 0.318. The van der Waals surface area contributed by atoms with E-state index < -0.39 is 0 Å². The number of rotatable bonds is 2. The van der Waals surface area contributed by atoms with E-state index in [0.29, 0.717) is 17.1 Å². The van der Waals surface area contributed by atoms with Gasteiger partial charge < -0.3 is 11.1 Å². The lowest BCUT2D eigenvalue weighted by Gasteiger charge is -2.10. The van der Waals surface area contributed by atoms with Gasteiger partial charge in [-0.3, -0.25) is 5.10 Å². The summed E-state index contributed by atoms with van der Waals surface area (Å²) in [6.45, 7) is 0. The van der Waals surface area contributed by atoms with Crippen LogP contribution in [0.25, 0.3) is 10.9 Å². The number of aromatic amines is 1. The van der Waals surface area contributed by atoms with Crippen LogP contribution in [-0.2, 0) is 0 Å². The van der Waals surface area contributed by atoms with Crippen LogP contribution in [-0.4, -0.2) is 10.2 Å². The van der Waals surface area contributed by atoms with Gasteiger partial charge in [0.1, 0.15) is 5.82 Å². The quantitative estimate of drug-likeness (QED) is 0.605. The maximum atomic E-state index is 13.5. The van der Waals surface area contributed by atoms with Crippen LogP contribution in [0, 0.1) is 5.82 Å². The van der Waals surface area contributed by atoms with Gasteiger partial charge in [-0.15, -0.1) is 0 Å². The first-order valence-electron chi connectivity index (χ1n) is 5.48. The Hall–Kier alpha value is -2.56. The van der Waals surface area contributed by atoms with E-state index in [9.17, 15) is 4.39 Å². The largest absolute Gasteiger partial charge is 0.397 e. The highest BCUT2D eigenvalue weighted by atomic mass is 19.1. The molecule has 0 saturated heterocycles. The van der Waals surface area contributed by atoms with Crippen LogP contribution < -0.4 is 11.1 Å². The highest BCUT2D eigenvalue weighted by Crippen LogP contribution is 2.28. The number of nitrogens with two attached hydrogens (primary N) is 1. The highest BCUT2D eigenvalue weighted by molar-refractivity contribution is 5.89. The van der Waals surface area contributed by atoms with Crippen molar-refractivity contribution in [3.05, 3.63) is 48.4 Å².